The number of rotatable bonds is 3. The van der Waals surface area contributed by atoms with Crippen LogP contribution in [0.5, 0.6) is 0 Å². The first-order valence-electron chi connectivity index (χ1n) is 4.82. The van der Waals surface area contributed by atoms with E-state index >= 15 is 0 Å². The third-order valence-corrected chi connectivity index (χ3v) is 2.31. The summed E-state index contributed by atoms with van der Waals surface area (Å²) in [5, 5.41) is 4.26. The van der Waals surface area contributed by atoms with E-state index in [4.69, 9.17) is 5.73 Å². The van der Waals surface area contributed by atoms with E-state index in [-0.39, 0.29) is 0 Å². The van der Waals surface area contributed by atoms with Crippen LogP contribution in [-0.4, -0.2) is 9.78 Å². The average molecular weight is 181 g/mol. The Bertz CT molecular complexity index is 276. The van der Waals surface area contributed by atoms with Crippen LogP contribution in [0.3, 0.4) is 0 Å². The van der Waals surface area contributed by atoms with E-state index in [2.05, 4.69) is 25.9 Å². The van der Waals surface area contributed by atoms with Crippen molar-refractivity contribution in [3.8, 4) is 0 Å². The van der Waals surface area contributed by atoms with Gasteiger partial charge < -0.3 is 5.73 Å². The van der Waals surface area contributed by atoms with Gasteiger partial charge in [0, 0.05) is 6.04 Å². The van der Waals surface area contributed by atoms with Crippen LogP contribution in [0.15, 0.2) is 6.20 Å². The van der Waals surface area contributed by atoms with Gasteiger partial charge in [-0.3, -0.25) is 4.68 Å². The number of hydrogen-bond donors (Lipinski definition) is 1. The SMILES string of the molecule is Cc1c(N)cnn1C(C)CC(C)C. The number of hydrogen-bond acceptors (Lipinski definition) is 2. The molecule has 0 aliphatic rings. The third-order valence-electron chi connectivity index (χ3n) is 2.31. The molecule has 1 aromatic heterocycles. The van der Waals surface area contributed by atoms with E-state index in [9.17, 15) is 0 Å². The first kappa shape index (κ1) is 10.1. The second kappa shape index (κ2) is 3.81. The summed E-state index contributed by atoms with van der Waals surface area (Å²) in [5.41, 5.74) is 7.59. The lowest BCUT2D eigenvalue weighted by atomic mass is 10.1. The lowest BCUT2D eigenvalue weighted by Crippen LogP contribution is -2.11. The van der Waals surface area contributed by atoms with Gasteiger partial charge in [0.15, 0.2) is 0 Å². The highest BCUT2D eigenvalue weighted by atomic mass is 15.3. The predicted octanol–water partition coefficient (Wildman–Crippen LogP) is 2.38. The summed E-state index contributed by atoms with van der Waals surface area (Å²) in [6.07, 6.45) is 2.87. The molecule has 0 fully saturated rings. The molecule has 0 saturated carbocycles. The van der Waals surface area contributed by atoms with Gasteiger partial charge >= 0.3 is 0 Å². The molecule has 0 aliphatic carbocycles. The number of nitrogen functional groups attached to an aromatic ring is 1. The summed E-state index contributed by atoms with van der Waals surface area (Å²) in [5.74, 6) is 0.694. The molecule has 0 amide bonds. The molecule has 0 aliphatic heterocycles. The molecule has 0 saturated heterocycles. The zero-order chi connectivity index (χ0) is 10.0. The van der Waals surface area contributed by atoms with Crippen molar-refractivity contribution in [3.63, 3.8) is 0 Å². The second-order valence-electron chi connectivity index (χ2n) is 4.11. The fourth-order valence-electron chi connectivity index (χ4n) is 1.66. The van der Waals surface area contributed by atoms with E-state index < -0.39 is 0 Å². The van der Waals surface area contributed by atoms with E-state index in [0.717, 1.165) is 17.8 Å². The lowest BCUT2D eigenvalue weighted by molar-refractivity contribution is 0.392. The molecule has 1 atom stereocenters. The molecule has 1 unspecified atom stereocenters. The van der Waals surface area contributed by atoms with Crippen molar-refractivity contribution in [2.45, 2.75) is 40.2 Å². The van der Waals surface area contributed by atoms with Crippen LogP contribution in [0, 0.1) is 12.8 Å². The Morgan fingerprint density at radius 2 is 2.08 bits per heavy atom. The average Bonchev–Trinajstić information content (AvgIpc) is 2.31. The largest absolute Gasteiger partial charge is 0.396 e. The van der Waals surface area contributed by atoms with Gasteiger partial charge in [0.25, 0.3) is 0 Å². The van der Waals surface area contributed by atoms with Crippen LogP contribution in [0.4, 0.5) is 5.69 Å². The van der Waals surface area contributed by atoms with Gasteiger partial charge in [-0.1, -0.05) is 13.8 Å². The molecule has 13 heavy (non-hydrogen) atoms. The maximum absolute atomic E-state index is 5.73. The van der Waals surface area contributed by atoms with Gasteiger partial charge in [-0.05, 0) is 26.2 Å². The van der Waals surface area contributed by atoms with Gasteiger partial charge in [-0.15, -0.1) is 0 Å². The van der Waals surface area contributed by atoms with E-state index in [1.165, 1.54) is 0 Å². The maximum Gasteiger partial charge on any atom is 0.0730 e. The quantitative estimate of drug-likeness (QED) is 0.778. The summed E-state index contributed by atoms with van der Waals surface area (Å²) >= 11 is 0. The molecule has 74 valence electrons. The Balaban J connectivity index is 2.76. The minimum absolute atomic E-state index is 0.442. The van der Waals surface area contributed by atoms with Gasteiger partial charge in [-0.2, -0.15) is 5.10 Å². The highest BCUT2D eigenvalue weighted by Gasteiger charge is 2.11. The van der Waals surface area contributed by atoms with Crippen molar-refractivity contribution >= 4 is 5.69 Å². The Kier molecular flexibility index (Phi) is 2.96. The van der Waals surface area contributed by atoms with E-state index in [0.29, 0.717) is 12.0 Å². The van der Waals surface area contributed by atoms with Crippen molar-refractivity contribution in [3.05, 3.63) is 11.9 Å². The predicted molar refractivity (Wildman–Crippen MR) is 55.5 cm³/mol. The molecule has 3 nitrogen and oxygen atoms in total. The first-order valence-corrected chi connectivity index (χ1v) is 4.82. The molecule has 0 aromatic carbocycles. The number of nitrogens with two attached hydrogens (primary N) is 1. The molecule has 1 rings (SSSR count). The number of aromatic nitrogens is 2. The van der Waals surface area contributed by atoms with Crippen LogP contribution in [0.2, 0.25) is 0 Å². The Labute approximate surface area is 79.9 Å². The lowest BCUT2D eigenvalue weighted by Gasteiger charge is -2.16. The third kappa shape index (κ3) is 2.23. The fraction of sp³-hybridized carbons (Fsp3) is 0.700. The van der Waals surface area contributed by atoms with Gasteiger partial charge in [0.2, 0.25) is 0 Å². The van der Waals surface area contributed by atoms with Crippen LogP contribution in [-0.2, 0) is 0 Å². The van der Waals surface area contributed by atoms with Gasteiger partial charge in [-0.25, -0.2) is 0 Å². The Morgan fingerprint density at radius 3 is 2.46 bits per heavy atom. The van der Waals surface area contributed by atoms with Crippen molar-refractivity contribution in [1.29, 1.82) is 0 Å². The molecule has 0 radical (unpaired) electrons. The molecule has 3 heteroatoms. The fourth-order valence-corrected chi connectivity index (χ4v) is 1.66. The summed E-state index contributed by atoms with van der Waals surface area (Å²) in [6.45, 7) is 8.63. The van der Waals surface area contributed by atoms with Crippen LogP contribution in [0.25, 0.3) is 0 Å². The highest BCUT2D eigenvalue weighted by Crippen LogP contribution is 2.20. The Morgan fingerprint density at radius 1 is 1.46 bits per heavy atom. The highest BCUT2D eigenvalue weighted by molar-refractivity contribution is 5.39. The monoisotopic (exact) mass is 181 g/mol. The molecular weight excluding hydrogens is 162 g/mol. The molecule has 2 N–H and O–H groups in total. The Hall–Kier alpha value is -0.990. The van der Waals surface area contributed by atoms with Crippen molar-refractivity contribution < 1.29 is 0 Å². The standard InChI is InChI=1S/C10H19N3/c1-7(2)5-8(3)13-9(4)10(11)6-12-13/h6-8H,5,11H2,1-4H3. The summed E-state index contributed by atoms with van der Waals surface area (Å²) in [6, 6.07) is 0.442. The molecule has 1 aromatic rings. The van der Waals surface area contributed by atoms with E-state index in [1.807, 2.05) is 11.6 Å². The molecule has 1 heterocycles. The van der Waals surface area contributed by atoms with Gasteiger partial charge in [0.05, 0.1) is 17.6 Å². The molecule has 0 spiro atoms. The van der Waals surface area contributed by atoms with Crippen molar-refractivity contribution in [1.82, 2.24) is 9.78 Å². The first-order chi connectivity index (χ1) is 6.02. The normalized spacial score (nSPS) is 13.6. The second-order valence-corrected chi connectivity index (χ2v) is 4.11. The smallest absolute Gasteiger partial charge is 0.0730 e. The van der Waals surface area contributed by atoms with Crippen LogP contribution < -0.4 is 5.73 Å². The van der Waals surface area contributed by atoms with Crippen LogP contribution >= 0.6 is 0 Å². The topological polar surface area (TPSA) is 43.8 Å². The van der Waals surface area contributed by atoms with E-state index in [1.54, 1.807) is 6.20 Å². The zero-order valence-electron chi connectivity index (χ0n) is 8.91. The minimum Gasteiger partial charge on any atom is -0.396 e. The minimum atomic E-state index is 0.442. The van der Waals surface area contributed by atoms with Crippen LogP contribution in [0.1, 0.15) is 38.9 Å². The zero-order valence-corrected chi connectivity index (χ0v) is 8.91. The molecule has 0 bridgehead atoms. The number of anilines is 1. The number of nitrogens with zero attached hydrogens (tertiary/aromatic N) is 2. The maximum atomic E-state index is 5.73. The van der Waals surface area contributed by atoms with Crippen molar-refractivity contribution in [2.24, 2.45) is 5.92 Å². The summed E-state index contributed by atoms with van der Waals surface area (Å²) in [4.78, 5) is 0. The summed E-state index contributed by atoms with van der Waals surface area (Å²) in [7, 11) is 0. The molecular formula is C10H19N3. The van der Waals surface area contributed by atoms with Crippen molar-refractivity contribution in [2.75, 3.05) is 5.73 Å². The van der Waals surface area contributed by atoms with Gasteiger partial charge in [0.1, 0.15) is 0 Å². The summed E-state index contributed by atoms with van der Waals surface area (Å²) < 4.78 is 2.01.